The standard InChI is InChI=1S/C13H9BCl2/c15-14(16)13-7-3-6-11-10-5-2-1-4-9(10)8-12(11)13/h1-7H,8H2. The second-order valence-corrected chi connectivity index (χ2v) is 5.10. The van der Waals surface area contributed by atoms with Crippen molar-refractivity contribution < 1.29 is 0 Å². The Morgan fingerprint density at radius 3 is 2.44 bits per heavy atom. The lowest BCUT2D eigenvalue weighted by molar-refractivity contribution is 1.28. The number of fused-ring (bicyclic) bond motifs is 3. The fourth-order valence-corrected chi connectivity index (χ4v) is 2.80. The second-order valence-electron chi connectivity index (χ2n) is 4.01. The molecule has 0 unspecified atom stereocenters. The topological polar surface area (TPSA) is 0 Å². The van der Waals surface area contributed by atoms with Gasteiger partial charge in [-0.2, -0.15) is 22.9 Å². The summed E-state index contributed by atoms with van der Waals surface area (Å²) in [7, 11) is 0. The lowest BCUT2D eigenvalue weighted by atomic mass is 9.85. The van der Waals surface area contributed by atoms with Crippen LogP contribution in [0.3, 0.4) is 0 Å². The van der Waals surface area contributed by atoms with Crippen molar-refractivity contribution >= 4 is 33.9 Å². The number of rotatable bonds is 1. The lowest BCUT2D eigenvalue weighted by Crippen LogP contribution is -2.22. The highest BCUT2D eigenvalue weighted by Crippen LogP contribution is 2.35. The predicted molar refractivity (Wildman–Crippen MR) is 71.8 cm³/mol. The van der Waals surface area contributed by atoms with Crippen LogP contribution in [-0.2, 0) is 6.42 Å². The van der Waals surface area contributed by atoms with E-state index in [9.17, 15) is 0 Å². The molecule has 0 radical (unpaired) electrons. The van der Waals surface area contributed by atoms with Crippen molar-refractivity contribution in [2.45, 2.75) is 6.42 Å². The molecule has 0 aliphatic heterocycles. The van der Waals surface area contributed by atoms with Crippen LogP contribution in [0.25, 0.3) is 11.1 Å². The molecule has 0 fully saturated rings. The van der Waals surface area contributed by atoms with Gasteiger partial charge in [-0.05, 0) is 34.1 Å². The molecule has 0 nitrogen and oxygen atoms in total. The van der Waals surface area contributed by atoms with Crippen LogP contribution in [0.4, 0.5) is 0 Å². The molecule has 78 valence electrons. The second kappa shape index (κ2) is 3.83. The van der Waals surface area contributed by atoms with Crippen LogP contribution in [0.15, 0.2) is 42.5 Å². The summed E-state index contributed by atoms with van der Waals surface area (Å²) in [6.45, 7) is 0. The molecule has 0 N–H and O–H groups in total. The largest absolute Gasteiger partial charge is 0.383 e. The molecule has 2 aromatic carbocycles. The van der Waals surface area contributed by atoms with Crippen molar-refractivity contribution in [2.75, 3.05) is 0 Å². The van der Waals surface area contributed by atoms with E-state index in [2.05, 4.69) is 30.3 Å². The predicted octanol–water partition coefficient (Wildman–Crippen LogP) is 3.43. The third kappa shape index (κ3) is 1.47. The molecule has 2 aromatic rings. The highest BCUT2D eigenvalue weighted by atomic mass is 35.5. The van der Waals surface area contributed by atoms with Crippen LogP contribution < -0.4 is 5.46 Å². The fraction of sp³-hybridized carbons (Fsp3) is 0.0769. The molecular weight excluding hydrogens is 238 g/mol. The summed E-state index contributed by atoms with van der Waals surface area (Å²) in [5.41, 5.74) is 5.83. The normalized spacial score (nSPS) is 12.1. The fourth-order valence-electron chi connectivity index (χ4n) is 2.39. The zero-order valence-electron chi connectivity index (χ0n) is 8.58. The Bertz CT molecular complexity index is 549. The Labute approximate surface area is 105 Å². The minimum atomic E-state index is -0.440. The minimum Gasteiger partial charge on any atom is -0.165 e. The number of benzene rings is 2. The van der Waals surface area contributed by atoms with Gasteiger partial charge in [0.1, 0.15) is 0 Å². The van der Waals surface area contributed by atoms with Crippen molar-refractivity contribution in [3.63, 3.8) is 0 Å². The summed E-state index contributed by atoms with van der Waals surface area (Å²) in [6.07, 6.45) is 0.942. The first-order chi connectivity index (χ1) is 7.77. The summed E-state index contributed by atoms with van der Waals surface area (Å²) in [5.74, 6) is 0. The first-order valence-corrected chi connectivity index (χ1v) is 6.13. The SMILES string of the molecule is ClB(Cl)c1cccc2c1Cc1ccccc1-2. The van der Waals surface area contributed by atoms with E-state index in [-0.39, 0.29) is 0 Å². The summed E-state index contributed by atoms with van der Waals surface area (Å²) >= 11 is 12.0. The Morgan fingerprint density at radius 2 is 1.62 bits per heavy atom. The van der Waals surface area contributed by atoms with E-state index in [1.165, 1.54) is 22.3 Å². The van der Waals surface area contributed by atoms with Crippen molar-refractivity contribution in [1.29, 1.82) is 0 Å². The van der Waals surface area contributed by atoms with Gasteiger partial charge in [-0.15, -0.1) is 0 Å². The maximum absolute atomic E-state index is 6.00. The smallest absolute Gasteiger partial charge is 0.165 e. The van der Waals surface area contributed by atoms with Crippen LogP contribution in [0.5, 0.6) is 0 Å². The lowest BCUT2D eigenvalue weighted by Gasteiger charge is -2.06. The van der Waals surface area contributed by atoms with Gasteiger partial charge in [0.25, 0.3) is 0 Å². The van der Waals surface area contributed by atoms with Crippen molar-refractivity contribution in [2.24, 2.45) is 0 Å². The number of hydrogen-bond donors (Lipinski definition) is 0. The van der Waals surface area contributed by atoms with Crippen molar-refractivity contribution in [3.8, 4) is 11.1 Å². The molecule has 1 aliphatic carbocycles. The minimum absolute atomic E-state index is 0.440. The van der Waals surface area contributed by atoms with Crippen LogP contribution >= 0.6 is 22.9 Å². The number of hydrogen-bond acceptors (Lipinski definition) is 0. The Kier molecular flexibility index (Phi) is 2.46. The van der Waals surface area contributed by atoms with Crippen molar-refractivity contribution in [3.05, 3.63) is 53.6 Å². The zero-order chi connectivity index (χ0) is 11.1. The molecule has 0 atom stereocenters. The summed E-state index contributed by atoms with van der Waals surface area (Å²) in [5, 5.41) is 0. The highest BCUT2D eigenvalue weighted by molar-refractivity contribution is 7.39. The van der Waals surface area contributed by atoms with Gasteiger partial charge in [0.2, 0.25) is 0 Å². The Hall–Kier alpha value is -0.915. The van der Waals surface area contributed by atoms with Gasteiger partial charge >= 0.3 is 5.54 Å². The Balaban J connectivity index is 2.24. The first-order valence-electron chi connectivity index (χ1n) is 5.25. The first kappa shape index (κ1) is 10.3. The molecule has 0 saturated carbocycles. The van der Waals surface area contributed by atoms with Gasteiger partial charge in [-0.1, -0.05) is 42.5 Å². The van der Waals surface area contributed by atoms with Crippen LogP contribution in [0.1, 0.15) is 11.1 Å². The molecule has 0 bridgehead atoms. The van der Waals surface area contributed by atoms with E-state index in [4.69, 9.17) is 22.9 Å². The van der Waals surface area contributed by atoms with E-state index in [1.54, 1.807) is 0 Å². The van der Waals surface area contributed by atoms with E-state index in [1.807, 2.05) is 12.1 Å². The molecular formula is C13H9BCl2. The summed E-state index contributed by atoms with van der Waals surface area (Å²) in [4.78, 5) is 0. The maximum atomic E-state index is 6.00. The van der Waals surface area contributed by atoms with E-state index < -0.39 is 5.54 Å². The molecule has 0 spiro atoms. The van der Waals surface area contributed by atoms with Crippen LogP contribution in [0.2, 0.25) is 0 Å². The maximum Gasteiger partial charge on any atom is 0.383 e. The van der Waals surface area contributed by atoms with Crippen molar-refractivity contribution in [1.82, 2.24) is 0 Å². The molecule has 0 aromatic heterocycles. The van der Waals surface area contributed by atoms with E-state index >= 15 is 0 Å². The van der Waals surface area contributed by atoms with Crippen LogP contribution in [0, 0.1) is 0 Å². The third-order valence-corrected chi connectivity index (χ3v) is 3.59. The summed E-state index contributed by atoms with van der Waals surface area (Å²) in [6, 6.07) is 14.6. The average Bonchev–Trinajstić information content (AvgIpc) is 2.67. The van der Waals surface area contributed by atoms with E-state index in [0.717, 1.165) is 11.9 Å². The number of halogens is 2. The van der Waals surface area contributed by atoms with Gasteiger partial charge < -0.3 is 0 Å². The van der Waals surface area contributed by atoms with Gasteiger partial charge in [0.05, 0.1) is 0 Å². The quantitative estimate of drug-likeness (QED) is 0.578. The summed E-state index contributed by atoms with van der Waals surface area (Å²) < 4.78 is 0. The van der Waals surface area contributed by atoms with E-state index in [0.29, 0.717) is 0 Å². The molecule has 0 amide bonds. The van der Waals surface area contributed by atoms with Gasteiger partial charge in [0.15, 0.2) is 0 Å². The van der Waals surface area contributed by atoms with Crippen LogP contribution in [-0.4, -0.2) is 5.54 Å². The molecule has 16 heavy (non-hydrogen) atoms. The Morgan fingerprint density at radius 1 is 0.875 bits per heavy atom. The molecule has 3 rings (SSSR count). The zero-order valence-corrected chi connectivity index (χ0v) is 10.1. The van der Waals surface area contributed by atoms with Gasteiger partial charge in [-0.25, -0.2) is 0 Å². The van der Waals surface area contributed by atoms with Gasteiger partial charge in [0, 0.05) is 0 Å². The molecule has 3 heteroatoms. The van der Waals surface area contributed by atoms with Gasteiger partial charge in [-0.3, -0.25) is 0 Å². The molecule has 1 aliphatic rings. The molecule has 0 heterocycles. The third-order valence-electron chi connectivity index (χ3n) is 3.12. The molecule has 0 saturated heterocycles. The average molecular weight is 247 g/mol. The monoisotopic (exact) mass is 246 g/mol. The highest BCUT2D eigenvalue weighted by Gasteiger charge is 2.23.